The Labute approximate surface area is 205 Å². The van der Waals surface area contributed by atoms with Gasteiger partial charge in [-0.15, -0.1) is 5.10 Å². The molecule has 0 bridgehead atoms. The normalized spacial score (nSPS) is 17.7. The Bertz CT molecular complexity index is 1350. The van der Waals surface area contributed by atoms with Crippen LogP contribution in [0.4, 0.5) is 4.39 Å². The van der Waals surface area contributed by atoms with E-state index in [-0.39, 0.29) is 6.61 Å². The molecule has 5 heterocycles. The van der Waals surface area contributed by atoms with Crippen molar-refractivity contribution in [1.29, 1.82) is 0 Å². The van der Waals surface area contributed by atoms with E-state index in [4.69, 9.17) is 16.3 Å². The van der Waals surface area contributed by atoms with Crippen LogP contribution in [0.5, 0.6) is 5.75 Å². The molecule has 182 valence electrons. The van der Waals surface area contributed by atoms with Crippen molar-refractivity contribution < 1.29 is 14.2 Å². The van der Waals surface area contributed by atoms with Crippen molar-refractivity contribution in [2.75, 3.05) is 19.7 Å². The maximum absolute atomic E-state index is 13.4. The molecule has 1 aliphatic carbocycles. The lowest BCUT2D eigenvalue weighted by atomic mass is 10.0. The van der Waals surface area contributed by atoms with E-state index in [0.717, 1.165) is 61.9 Å². The van der Waals surface area contributed by atoms with Crippen molar-refractivity contribution in [3.05, 3.63) is 59.0 Å². The summed E-state index contributed by atoms with van der Waals surface area (Å²) in [4.78, 5) is 4.07. The second kappa shape index (κ2) is 9.18. The molecule has 0 amide bonds. The third-order valence-corrected chi connectivity index (χ3v) is 6.95. The number of nitrogens with zero attached hydrogens (tertiary/aromatic N) is 6. The molecule has 35 heavy (non-hydrogen) atoms. The number of piperidine rings is 1. The average molecular weight is 498 g/mol. The number of aliphatic hydroxyl groups excluding tert-OH is 1. The minimum Gasteiger partial charge on any atom is -0.479 e. The van der Waals surface area contributed by atoms with Crippen molar-refractivity contribution in [2.24, 2.45) is 0 Å². The first kappa shape index (κ1) is 22.4. The fourth-order valence-corrected chi connectivity index (χ4v) is 4.98. The summed E-state index contributed by atoms with van der Waals surface area (Å²) in [6.45, 7) is 1.60. The molecule has 2 aliphatic rings. The third kappa shape index (κ3) is 4.26. The smallest absolute Gasteiger partial charge is 0.163 e. The van der Waals surface area contributed by atoms with Gasteiger partial charge in [0.25, 0.3) is 0 Å². The van der Waals surface area contributed by atoms with Crippen LogP contribution in [-0.2, 0) is 0 Å². The van der Waals surface area contributed by atoms with Crippen molar-refractivity contribution in [1.82, 2.24) is 34.9 Å². The lowest BCUT2D eigenvalue weighted by Crippen LogP contribution is -2.30. The molecule has 1 atom stereocenters. The van der Waals surface area contributed by atoms with Gasteiger partial charge in [-0.3, -0.25) is 4.98 Å². The number of hydrogen-bond acceptors (Lipinski definition) is 7. The van der Waals surface area contributed by atoms with Crippen LogP contribution in [0.3, 0.4) is 0 Å². The van der Waals surface area contributed by atoms with Gasteiger partial charge in [-0.25, -0.2) is 13.6 Å². The number of fused-ring (bicyclic) bond motifs is 1. The van der Waals surface area contributed by atoms with Crippen molar-refractivity contribution in [3.8, 4) is 17.0 Å². The summed E-state index contributed by atoms with van der Waals surface area (Å²) in [6.07, 6.45) is 7.99. The van der Waals surface area contributed by atoms with E-state index in [1.54, 1.807) is 10.7 Å². The zero-order valence-electron chi connectivity index (χ0n) is 18.9. The minimum absolute atomic E-state index is 0.329. The van der Waals surface area contributed by atoms with E-state index in [1.807, 2.05) is 12.3 Å². The maximum atomic E-state index is 13.4. The summed E-state index contributed by atoms with van der Waals surface area (Å²) < 4.78 is 23.3. The topological polar surface area (TPSA) is 102 Å². The largest absolute Gasteiger partial charge is 0.479 e. The molecule has 2 N–H and O–H groups in total. The van der Waals surface area contributed by atoms with Crippen LogP contribution in [0.15, 0.2) is 36.8 Å². The maximum Gasteiger partial charge on any atom is 0.163 e. The quantitative estimate of drug-likeness (QED) is 0.401. The number of rotatable bonds is 7. The Morgan fingerprint density at radius 2 is 2.03 bits per heavy atom. The van der Waals surface area contributed by atoms with E-state index in [1.165, 1.54) is 12.1 Å². The molecule has 1 aliphatic heterocycles. The highest BCUT2D eigenvalue weighted by Gasteiger charge is 2.34. The Balaban J connectivity index is 1.42. The third-order valence-electron chi connectivity index (χ3n) is 6.67. The Morgan fingerprint density at radius 1 is 1.20 bits per heavy atom. The van der Waals surface area contributed by atoms with Crippen LogP contribution in [0.25, 0.3) is 16.8 Å². The fourth-order valence-electron chi connectivity index (χ4n) is 4.75. The van der Waals surface area contributed by atoms with Gasteiger partial charge in [-0.05, 0) is 57.0 Å². The summed E-state index contributed by atoms with van der Waals surface area (Å²) >= 11 is 6.44. The van der Waals surface area contributed by atoms with Crippen molar-refractivity contribution in [3.63, 3.8) is 0 Å². The molecule has 0 radical (unpaired) electrons. The first-order valence-electron chi connectivity index (χ1n) is 11.8. The number of aromatic nitrogens is 6. The Kier molecular flexibility index (Phi) is 5.87. The highest BCUT2D eigenvalue weighted by atomic mass is 35.5. The number of nitrogens with one attached hydrogen (secondary N) is 1. The molecule has 4 aromatic heterocycles. The molecule has 11 heteroatoms. The van der Waals surface area contributed by atoms with Gasteiger partial charge >= 0.3 is 0 Å². The van der Waals surface area contributed by atoms with Gasteiger partial charge in [-0.2, -0.15) is 5.10 Å². The molecule has 9 nitrogen and oxygen atoms in total. The Hall–Kier alpha value is -3.08. The first-order chi connectivity index (χ1) is 17.1. The van der Waals surface area contributed by atoms with Crippen molar-refractivity contribution >= 4 is 17.1 Å². The van der Waals surface area contributed by atoms with Gasteiger partial charge in [-0.1, -0.05) is 16.8 Å². The predicted octanol–water partition coefficient (Wildman–Crippen LogP) is 3.69. The van der Waals surface area contributed by atoms with Gasteiger partial charge in [0.1, 0.15) is 22.8 Å². The average Bonchev–Trinajstić information content (AvgIpc) is 3.52. The van der Waals surface area contributed by atoms with Crippen LogP contribution in [-0.4, -0.2) is 54.4 Å². The molecule has 1 saturated carbocycles. The molecular weight excluding hydrogens is 473 g/mol. The van der Waals surface area contributed by atoms with Crippen LogP contribution in [0.2, 0.25) is 5.02 Å². The molecule has 6 rings (SSSR count). The SMILES string of the molecule is OC[C@@H](Oc1cc(-c2nnn(C3CCNCC3)c2C2CC2)cn2ncc(Cl)c12)c1ccc(F)cn1. The molecule has 1 saturated heterocycles. The van der Waals surface area contributed by atoms with Gasteiger partial charge < -0.3 is 15.2 Å². The van der Waals surface area contributed by atoms with Gasteiger partial charge in [0.05, 0.1) is 41.5 Å². The summed E-state index contributed by atoms with van der Waals surface area (Å²) in [6, 6.07) is 4.96. The summed E-state index contributed by atoms with van der Waals surface area (Å²) in [7, 11) is 0. The summed E-state index contributed by atoms with van der Waals surface area (Å²) in [5.41, 5.74) is 3.74. The Morgan fingerprint density at radius 3 is 2.74 bits per heavy atom. The minimum atomic E-state index is -0.811. The van der Waals surface area contributed by atoms with E-state index in [9.17, 15) is 9.50 Å². The zero-order valence-corrected chi connectivity index (χ0v) is 19.7. The number of halogens is 2. The second-order valence-electron chi connectivity index (χ2n) is 9.09. The molecule has 0 spiro atoms. The highest BCUT2D eigenvalue weighted by molar-refractivity contribution is 6.34. The first-order valence-corrected chi connectivity index (χ1v) is 12.2. The second-order valence-corrected chi connectivity index (χ2v) is 9.50. The molecular formula is C24H25ClFN7O2. The highest BCUT2D eigenvalue weighted by Crippen LogP contribution is 2.46. The van der Waals surface area contributed by atoms with Crippen LogP contribution < -0.4 is 10.1 Å². The van der Waals surface area contributed by atoms with Gasteiger partial charge in [0.15, 0.2) is 6.10 Å². The molecule has 0 unspecified atom stereocenters. The molecule has 0 aromatic carbocycles. The van der Waals surface area contributed by atoms with E-state index in [0.29, 0.717) is 33.9 Å². The molecule has 4 aromatic rings. The van der Waals surface area contributed by atoms with E-state index >= 15 is 0 Å². The fraction of sp³-hybridized carbons (Fsp3) is 0.417. The number of ether oxygens (including phenoxy) is 1. The number of pyridine rings is 2. The van der Waals surface area contributed by atoms with E-state index in [2.05, 4.69) is 30.4 Å². The predicted molar refractivity (Wildman–Crippen MR) is 127 cm³/mol. The summed E-state index contributed by atoms with van der Waals surface area (Å²) in [5, 5.41) is 27.4. The van der Waals surface area contributed by atoms with Crippen LogP contribution in [0, 0.1) is 5.82 Å². The van der Waals surface area contributed by atoms with E-state index < -0.39 is 11.9 Å². The number of hydrogen-bond donors (Lipinski definition) is 2. The van der Waals surface area contributed by atoms with Gasteiger partial charge in [0.2, 0.25) is 0 Å². The van der Waals surface area contributed by atoms with Crippen molar-refractivity contribution in [2.45, 2.75) is 43.7 Å². The monoisotopic (exact) mass is 497 g/mol. The molecule has 2 fully saturated rings. The van der Waals surface area contributed by atoms with Crippen LogP contribution in [0.1, 0.15) is 55.1 Å². The van der Waals surface area contributed by atoms with Gasteiger partial charge in [0, 0.05) is 17.7 Å². The lowest BCUT2D eigenvalue weighted by molar-refractivity contribution is 0.114. The standard InChI is InChI=1S/C24H25ClFN7O2/c25-18-11-29-32-12-15(9-20(24(18)32)35-21(13-34)19-4-3-16(26)10-28-19)22-23(14-1-2-14)33(31-30-22)17-5-7-27-8-6-17/h3-4,9-12,14,17,21,27,34H,1-2,5-8,13H2/t21-/m1/s1. The van der Waals surface area contributed by atoms with Crippen LogP contribution >= 0.6 is 11.6 Å². The summed E-state index contributed by atoms with van der Waals surface area (Å²) in [5.74, 6) is 0.399. The number of aliphatic hydroxyl groups is 1. The lowest BCUT2D eigenvalue weighted by Gasteiger charge is -2.24. The zero-order chi connectivity index (χ0) is 23.9.